The molecule has 0 bridgehead atoms. The fraction of sp³-hybridized carbons (Fsp3) is 0.300. The van der Waals surface area contributed by atoms with E-state index in [1.165, 1.54) is 0 Å². The molecule has 0 radical (unpaired) electrons. The molecule has 2 N–H and O–H groups in total. The SMILES string of the molecule is Nc1cc(Cl)c(N2CC(Br)CC2=O)c(Cl)c1. The maximum Gasteiger partial charge on any atom is 0.228 e. The van der Waals surface area contributed by atoms with Crippen molar-refractivity contribution in [2.45, 2.75) is 11.2 Å². The van der Waals surface area contributed by atoms with Gasteiger partial charge in [0.2, 0.25) is 5.91 Å². The van der Waals surface area contributed by atoms with E-state index < -0.39 is 0 Å². The number of hydrogen-bond donors (Lipinski definition) is 1. The van der Waals surface area contributed by atoms with Crippen molar-refractivity contribution in [3.63, 3.8) is 0 Å². The van der Waals surface area contributed by atoms with Crippen molar-refractivity contribution >= 4 is 56.4 Å². The topological polar surface area (TPSA) is 46.3 Å². The molecule has 0 aliphatic carbocycles. The highest BCUT2D eigenvalue weighted by Crippen LogP contribution is 2.38. The average molecular weight is 324 g/mol. The van der Waals surface area contributed by atoms with Crippen LogP contribution in [0.25, 0.3) is 0 Å². The van der Waals surface area contributed by atoms with Crippen LogP contribution in [0, 0.1) is 0 Å². The predicted octanol–water partition coefficient (Wildman–Crippen LogP) is 3.08. The fourth-order valence-corrected chi connectivity index (χ4v) is 3.00. The number of halogens is 3. The van der Waals surface area contributed by atoms with Gasteiger partial charge in [-0.15, -0.1) is 0 Å². The van der Waals surface area contributed by atoms with Gasteiger partial charge in [-0.2, -0.15) is 0 Å². The Hall–Kier alpha value is -0.450. The van der Waals surface area contributed by atoms with Crippen LogP contribution >= 0.6 is 39.1 Å². The molecule has 1 amide bonds. The van der Waals surface area contributed by atoms with Crippen molar-refractivity contribution < 1.29 is 4.79 Å². The van der Waals surface area contributed by atoms with Crippen LogP contribution in [0.15, 0.2) is 12.1 Å². The molecule has 1 saturated heterocycles. The van der Waals surface area contributed by atoms with Gasteiger partial charge in [0.05, 0.1) is 15.7 Å². The van der Waals surface area contributed by atoms with Gasteiger partial charge in [0.15, 0.2) is 0 Å². The number of carbonyl (C=O) groups excluding carboxylic acids is 1. The summed E-state index contributed by atoms with van der Waals surface area (Å²) in [5.74, 6) is 0.00967. The van der Waals surface area contributed by atoms with Gasteiger partial charge in [-0.05, 0) is 12.1 Å². The normalized spacial score (nSPS) is 20.6. The summed E-state index contributed by atoms with van der Waals surface area (Å²) in [6, 6.07) is 3.19. The first kappa shape index (κ1) is 12.0. The summed E-state index contributed by atoms with van der Waals surface area (Å²) in [6.07, 6.45) is 0.455. The molecule has 1 fully saturated rings. The number of nitrogen functional groups attached to an aromatic ring is 1. The molecule has 2 rings (SSSR count). The predicted molar refractivity (Wildman–Crippen MR) is 70.6 cm³/mol. The maximum absolute atomic E-state index is 11.7. The number of alkyl halides is 1. The van der Waals surface area contributed by atoms with E-state index in [1.54, 1.807) is 17.0 Å². The summed E-state index contributed by atoms with van der Waals surface area (Å²) < 4.78 is 0. The molecular weight excluding hydrogens is 315 g/mol. The highest BCUT2D eigenvalue weighted by Gasteiger charge is 2.31. The van der Waals surface area contributed by atoms with Crippen molar-refractivity contribution in [3.05, 3.63) is 22.2 Å². The number of amides is 1. The Morgan fingerprint density at radius 2 is 1.94 bits per heavy atom. The van der Waals surface area contributed by atoms with Crippen molar-refractivity contribution in [1.82, 2.24) is 0 Å². The molecule has 0 aromatic heterocycles. The van der Waals surface area contributed by atoms with Crippen molar-refractivity contribution in [2.75, 3.05) is 17.2 Å². The molecule has 86 valence electrons. The van der Waals surface area contributed by atoms with E-state index in [0.717, 1.165) is 0 Å². The quantitative estimate of drug-likeness (QED) is 0.637. The Morgan fingerprint density at radius 1 is 1.38 bits per heavy atom. The monoisotopic (exact) mass is 322 g/mol. The zero-order valence-corrected chi connectivity index (χ0v) is 11.3. The van der Waals surface area contributed by atoms with Gasteiger partial charge < -0.3 is 10.6 Å². The molecule has 1 unspecified atom stereocenters. The Morgan fingerprint density at radius 3 is 2.38 bits per heavy atom. The van der Waals surface area contributed by atoms with Crippen LogP contribution < -0.4 is 10.6 Å². The second kappa shape index (κ2) is 4.43. The third-order valence-corrected chi connectivity index (χ3v) is 3.58. The molecular formula is C10H9BrCl2N2O. The van der Waals surface area contributed by atoms with Gasteiger partial charge in [-0.3, -0.25) is 4.79 Å². The van der Waals surface area contributed by atoms with Gasteiger partial charge in [-0.25, -0.2) is 0 Å². The van der Waals surface area contributed by atoms with Crippen LogP contribution in [0.2, 0.25) is 10.0 Å². The van der Waals surface area contributed by atoms with E-state index in [0.29, 0.717) is 34.4 Å². The summed E-state index contributed by atoms with van der Waals surface area (Å²) >= 11 is 15.5. The summed E-state index contributed by atoms with van der Waals surface area (Å²) in [6.45, 7) is 0.572. The molecule has 1 atom stereocenters. The smallest absolute Gasteiger partial charge is 0.228 e. The summed E-state index contributed by atoms with van der Waals surface area (Å²) in [4.78, 5) is 13.5. The Labute approximate surface area is 112 Å². The van der Waals surface area contributed by atoms with Gasteiger partial charge >= 0.3 is 0 Å². The number of nitrogens with zero attached hydrogens (tertiary/aromatic N) is 1. The van der Waals surface area contributed by atoms with Crippen molar-refractivity contribution in [2.24, 2.45) is 0 Å². The number of benzene rings is 1. The minimum atomic E-state index is 0.00967. The lowest BCUT2D eigenvalue weighted by Gasteiger charge is -2.19. The first-order chi connectivity index (χ1) is 7.49. The first-order valence-corrected chi connectivity index (χ1v) is 6.35. The van der Waals surface area contributed by atoms with Gasteiger partial charge in [0, 0.05) is 23.5 Å². The van der Waals surface area contributed by atoms with E-state index in [1.807, 2.05) is 0 Å². The number of anilines is 2. The van der Waals surface area contributed by atoms with Crippen LogP contribution in [-0.2, 0) is 4.79 Å². The molecule has 6 heteroatoms. The average Bonchev–Trinajstić information content (AvgIpc) is 2.43. The third-order valence-electron chi connectivity index (χ3n) is 2.39. The highest BCUT2D eigenvalue weighted by molar-refractivity contribution is 9.09. The molecule has 1 heterocycles. The van der Waals surface area contributed by atoms with Crippen LogP contribution in [0.4, 0.5) is 11.4 Å². The fourth-order valence-electron chi connectivity index (χ4n) is 1.72. The molecule has 1 aliphatic rings. The largest absolute Gasteiger partial charge is 0.399 e. The van der Waals surface area contributed by atoms with E-state index in [2.05, 4.69) is 15.9 Å². The Balaban J connectivity index is 2.44. The third kappa shape index (κ3) is 2.14. The molecule has 0 saturated carbocycles. The summed E-state index contributed by atoms with van der Waals surface area (Å²) in [5, 5.41) is 0.805. The number of carbonyl (C=O) groups is 1. The van der Waals surface area contributed by atoms with Crippen LogP contribution in [0.5, 0.6) is 0 Å². The lowest BCUT2D eigenvalue weighted by molar-refractivity contribution is -0.117. The van der Waals surface area contributed by atoms with Crippen molar-refractivity contribution in [3.8, 4) is 0 Å². The van der Waals surface area contributed by atoms with Crippen LogP contribution in [0.3, 0.4) is 0 Å². The zero-order valence-electron chi connectivity index (χ0n) is 8.21. The second-order valence-corrected chi connectivity index (χ2v) is 5.75. The molecule has 1 aromatic rings. The zero-order chi connectivity index (χ0) is 11.9. The standard InChI is InChI=1S/C10H9BrCl2N2O/c11-5-1-9(16)15(4-5)10-7(12)2-6(14)3-8(10)13/h2-3,5H,1,4,14H2. The number of hydrogen-bond acceptors (Lipinski definition) is 2. The van der Waals surface area contributed by atoms with Crippen LogP contribution in [0.1, 0.15) is 6.42 Å². The van der Waals surface area contributed by atoms with Crippen molar-refractivity contribution in [1.29, 1.82) is 0 Å². The van der Waals surface area contributed by atoms with E-state index in [9.17, 15) is 4.79 Å². The second-order valence-electron chi connectivity index (χ2n) is 3.64. The molecule has 1 aromatic carbocycles. The molecule has 3 nitrogen and oxygen atoms in total. The van der Waals surface area contributed by atoms with Gasteiger partial charge in [-0.1, -0.05) is 39.1 Å². The minimum Gasteiger partial charge on any atom is -0.399 e. The number of rotatable bonds is 1. The molecule has 0 spiro atoms. The highest BCUT2D eigenvalue weighted by atomic mass is 79.9. The van der Waals surface area contributed by atoms with Gasteiger partial charge in [0.25, 0.3) is 0 Å². The minimum absolute atomic E-state index is 0.00967. The molecule has 16 heavy (non-hydrogen) atoms. The summed E-state index contributed by atoms with van der Waals surface area (Å²) in [7, 11) is 0. The maximum atomic E-state index is 11.7. The first-order valence-electron chi connectivity index (χ1n) is 4.68. The van der Waals surface area contributed by atoms with E-state index >= 15 is 0 Å². The molecule has 1 aliphatic heterocycles. The van der Waals surface area contributed by atoms with E-state index in [4.69, 9.17) is 28.9 Å². The number of nitrogens with two attached hydrogens (primary N) is 1. The lowest BCUT2D eigenvalue weighted by Crippen LogP contribution is -2.25. The van der Waals surface area contributed by atoms with E-state index in [-0.39, 0.29) is 10.7 Å². The Kier molecular flexibility index (Phi) is 3.33. The van der Waals surface area contributed by atoms with Crippen LogP contribution in [-0.4, -0.2) is 17.3 Å². The lowest BCUT2D eigenvalue weighted by atomic mass is 10.2. The summed E-state index contributed by atoms with van der Waals surface area (Å²) in [5.41, 5.74) is 6.64. The Bertz CT molecular complexity index is 429. The van der Waals surface area contributed by atoms with Gasteiger partial charge in [0.1, 0.15) is 0 Å².